The second-order valence-corrected chi connectivity index (χ2v) is 5.41. The molecule has 0 saturated carbocycles. The number of rotatable bonds is 5. The maximum atomic E-state index is 12.3. The first-order valence-electron chi connectivity index (χ1n) is 7.34. The van der Waals surface area contributed by atoms with E-state index in [1.54, 1.807) is 50.5 Å². The second kappa shape index (κ2) is 7.56. The van der Waals surface area contributed by atoms with E-state index in [0.717, 1.165) is 5.56 Å². The fraction of sp³-hybridized carbons (Fsp3) is 0.222. The Morgan fingerprint density at radius 2 is 1.70 bits per heavy atom. The Bertz CT molecular complexity index is 694. The van der Waals surface area contributed by atoms with E-state index in [2.05, 4.69) is 5.32 Å². The van der Waals surface area contributed by atoms with Crippen LogP contribution in [0.5, 0.6) is 0 Å². The highest BCUT2D eigenvalue weighted by Crippen LogP contribution is 2.13. The SMILES string of the molecule is CN(C)C(=O)c1cccc(C(=O)Nc2ccc(CCO)cc2)c1. The molecule has 2 amide bonds. The summed E-state index contributed by atoms with van der Waals surface area (Å²) >= 11 is 0. The molecule has 2 N–H and O–H groups in total. The Hall–Kier alpha value is -2.66. The quantitative estimate of drug-likeness (QED) is 0.889. The Labute approximate surface area is 135 Å². The molecule has 2 aromatic carbocycles. The lowest BCUT2D eigenvalue weighted by molar-refractivity contribution is 0.0827. The summed E-state index contributed by atoms with van der Waals surface area (Å²) in [7, 11) is 3.34. The monoisotopic (exact) mass is 312 g/mol. The van der Waals surface area contributed by atoms with Gasteiger partial charge in [-0.25, -0.2) is 0 Å². The lowest BCUT2D eigenvalue weighted by Gasteiger charge is -2.11. The molecule has 0 radical (unpaired) electrons. The normalized spacial score (nSPS) is 10.2. The predicted octanol–water partition coefficient (Wildman–Crippen LogP) is 2.18. The summed E-state index contributed by atoms with van der Waals surface area (Å²) in [6.07, 6.45) is 0.586. The van der Waals surface area contributed by atoms with Crippen molar-refractivity contribution in [2.75, 3.05) is 26.0 Å². The first-order valence-corrected chi connectivity index (χ1v) is 7.34. The van der Waals surface area contributed by atoms with Crippen molar-refractivity contribution in [3.63, 3.8) is 0 Å². The van der Waals surface area contributed by atoms with Gasteiger partial charge in [-0.1, -0.05) is 18.2 Å². The van der Waals surface area contributed by atoms with Crippen molar-refractivity contribution in [3.05, 3.63) is 65.2 Å². The summed E-state index contributed by atoms with van der Waals surface area (Å²) < 4.78 is 0. The van der Waals surface area contributed by atoms with Crippen LogP contribution in [0.25, 0.3) is 0 Å². The molecule has 0 aliphatic heterocycles. The molecular weight excluding hydrogens is 292 g/mol. The van der Waals surface area contributed by atoms with E-state index < -0.39 is 0 Å². The maximum absolute atomic E-state index is 12.3. The Balaban J connectivity index is 2.11. The smallest absolute Gasteiger partial charge is 0.255 e. The van der Waals surface area contributed by atoms with Gasteiger partial charge < -0.3 is 15.3 Å². The van der Waals surface area contributed by atoms with E-state index in [-0.39, 0.29) is 18.4 Å². The lowest BCUT2D eigenvalue weighted by atomic mass is 10.1. The van der Waals surface area contributed by atoms with Crippen molar-refractivity contribution in [3.8, 4) is 0 Å². The average Bonchev–Trinajstić information content (AvgIpc) is 2.56. The third-order valence-electron chi connectivity index (χ3n) is 3.39. The summed E-state index contributed by atoms with van der Waals surface area (Å²) in [5.41, 5.74) is 2.57. The third kappa shape index (κ3) is 4.40. The largest absolute Gasteiger partial charge is 0.396 e. The topological polar surface area (TPSA) is 69.6 Å². The van der Waals surface area contributed by atoms with Gasteiger partial charge in [0, 0.05) is 37.5 Å². The van der Waals surface area contributed by atoms with E-state index in [1.807, 2.05) is 12.1 Å². The molecule has 2 rings (SSSR count). The molecule has 0 heterocycles. The number of hydrogen-bond acceptors (Lipinski definition) is 3. The van der Waals surface area contributed by atoms with Gasteiger partial charge in [0.25, 0.3) is 11.8 Å². The van der Waals surface area contributed by atoms with Crippen LogP contribution in [-0.2, 0) is 6.42 Å². The Morgan fingerprint density at radius 1 is 1.04 bits per heavy atom. The van der Waals surface area contributed by atoms with E-state index in [1.165, 1.54) is 4.90 Å². The number of anilines is 1. The molecular formula is C18H20N2O3. The van der Waals surface area contributed by atoms with E-state index in [4.69, 9.17) is 5.11 Å². The summed E-state index contributed by atoms with van der Waals surface area (Å²) in [5.74, 6) is -0.415. The molecule has 0 saturated heterocycles. The minimum Gasteiger partial charge on any atom is -0.396 e. The molecule has 120 valence electrons. The third-order valence-corrected chi connectivity index (χ3v) is 3.39. The Morgan fingerprint density at radius 3 is 2.30 bits per heavy atom. The fourth-order valence-electron chi connectivity index (χ4n) is 2.14. The average molecular weight is 312 g/mol. The number of aliphatic hydroxyl groups excluding tert-OH is 1. The van der Waals surface area contributed by atoms with Crippen LogP contribution in [0.4, 0.5) is 5.69 Å². The van der Waals surface area contributed by atoms with Crippen LogP contribution in [0.2, 0.25) is 0 Å². The first kappa shape index (κ1) is 16.7. The van der Waals surface area contributed by atoms with Crippen LogP contribution in [-0.4, -0.2) is 42.5 Å². The molecule has 0 spiro atoms. The highest BCUT2D eigenvalue weighted by atomic mass is 16.3. The van der Waals surface area contributed by atoms with Crippen molar-refractivity contribution >= 4 is 17.5 Å². The number of amides is 2. The lowest BCUT2D eigenvalue weighted by Crippen LogP contribution is -2.22. The number of nitrogens with zero attached hydrogens (tertiary/aromatic N) is 1. The van der Waals surface area contributed by atoms with Crippen LogP contribution in [0.15, 0.2) is 48.5 Å². The van der Waals surface area contributed by atoms with Gasteiger partial charge in [-0.3, -0.25) is 9.59 Å². The van der Waals surface area contributed by atoms with E-state index in [0.29, 0.717) is 23.2 Å². The predicted molar refractivity (Wildman–Crippen MR) is 89.6 cm³/mol. The van der Waals surface area contributed by atoms with Gasteiger partial charge in [-0.15, -0.1) is 0 Å². The minimum atomic E-state index is -0.270. The molecule has 0 fully saturated rings. The van der Waals surface area contributed by atoms with Gasteiger partial charge in [-0.05, 0) is 42.3 Å². The summed E-state index contributed by atoms with van der Waals surface area (Å²) in [4.78, 5) is 25.7. The second-order valence-electron chi connectivity index (χ2n) is 5.41. The molecule has 0 atom stereocenters. The molecule has 0 aliphatic rings. The van der Waals surface area contributed by atoms with Crippen LogP contribution >= 0.6 is 0 Å². The van der Waals surface area contributed by atoms with Crippen LogP contribution in [0.3, 0.4) is 0 Å². The van der Waals surface area contributed by atoms with E-state index >= 15 is 0 Å². The molecule has 0 aromatic heterocycles. The Kier molecular flexibility index (Phi) is 5.49. The maximum Gasteiger partial charge on any atom is 0.255 e. The van der Waals surface area contributed by atoms with Crippen molar-refractivity contribution in [1.82, 2.24) is 4.90 Å². The zero-order valence-electron chi connectivity index (χ0n) is 13.2. The number of benzene rings is 2. The molecule has 2 aromatic rings. The zero-order chi connectivity index (χ0) is 16.8. The number of nitrogens with one attached hydrogen (secondary N) is 1. The van der Waals surface area contributed by atoms with Gasteiger partial charge in [0.2, 0.25) is 0 Å². The van der Waals surface area contributed by atoms with Gasteiger partial charge >= 0.3 is 0 Å². The number of aliphatic hydroxyl groups is 1. The summed E-state index contributed by atoms with van der Waals surface area (Å²) in [6, 6.07) is 13.9. The standard InChI is InChI=1S/C18H20N2O3/c1-20(2)18(23)15-5-3-4-14(12-15)17(22)19-16-8-6-13(7-9-16)10-11-21/h3-9,12,21H,10-11H2,1-2H3,(H,19,22). The van der Waals surface area contributed by atoms with Crippen molar-refractivity contribution in [2.24, 2.45) is 0 Å². The highest BCUT2D eigenvalue weighted by molar-refractivity contribution is 6.06. The van der Waals surface area contributed by atoms with Crippen LogP contribution in [0.1, 0.15) is 26.3 Å². The van der Waals surface area contributed by atoms with Crippen molar-refractivity contribution in [2.45, 2.75) is 6.42 Å². The van der Waals surface area contributed by atoms with Crippen LogP contribution in [0, 0.1) is 0 Å². The number of carbonyl (C=O) groups is 2. The number of hydrogen-bond donors (Lipinski definition) is 2. The molecule has 0 aliphatic carbocycles. The van der Waals surface area contributed by atoms with Gasteiger partial charge in [-0.2, -0.15) is 0 Å². The molecule has 23 heavy (non-hydrogen) atoms. The van der Waals surface area contributed by atoms with Crippen molar-refractivity contribution in [1.29, 1.82) is 0 Å². The summed E-state index contributed by atoms with van der Waals surface area (Å²) in [6.45, 7) is 0.0956. The van der Waals surface area contributed by atoms with Crippen LogP contribution < -0.4 is 5.32 Å². The van der Waals surface area contributed by atoms with Crippen molar-refractivity contribution < 1.29 is 14.7 Å². The van der Waals surface area contributed by atoms with Gasteiger partial charge in [0.05, 0.1) is 0 Å². The molecule has 5 nitrogen and oxygen atoms in total. The van der Waals surface area contributed by atoms with Gasteiger partial charge in [0.1, 0.15) is 0 Å². The fourth-order valence-corrected chi connectivity index (χ4v) is 2.14. The summed E-state index contributed by atoms with van der Waals surface area (Å²) in [5, 5.41) is 11.7. The van der Waals surface area contributed by atoms with E-state index in [9.17, 15) is 9.59 Å². The zero-order valence-corrected chi connectivity index (χ0v) is 13.2. The molecule has 0 unspecified atom stereocenters. The highest BCUT2D eigenvalue weighted by Gasteiger charge is 2.12. The minimum absolute atomic E-state index is 0.0956. The number of carbonyl (C=O) groups excluding carboxylic acids is 2. The first-order chi connectivity index (χ1) is 11.0. The van der Waals surface area contributed by atoms with Gasteiger partial charge in [0.15, 0.2) is 0 Å². The molecule has 0 bridgehead atoms. The molecule has 5 heteroatoms.